The van der Waals surface area contributed by atoms with E-state index >= 15 is 0 Å². The van der Waals surface area contributed by atoms with E-state index in [0.29, 0.717) is 22.9 Å². The Labute approximate surface area is 151 Å². The number of esters is 1. The number of methoxy groups -OCH3 is 1. The average molecular weight is 351 g/mol. The van der Waals surface area contributed by atoms with Crippen LogP contribution < -0.4 is 5.56 Å². The van der Waals surface area contributed by atoms with Gasteiger partial charge in [-0.3, -0.25) is 4.79 Å². The Morgan fingerprint density at radius 1 is 1.19 bits per heavy atom. The molecule has 1 saturated carbocycles. The fraction of sp³-hybridized carbons (Fsp3) is 0.350. The van der Waals surface area contributed by atoms with Crippen LogP contribution in [0, 0.1) is 6.92 Å². The molecule has 0 aromatic heterocycles. The second kappa shape index (κ2) is 6.44. The first kappa shape index (κ1) is 16.6. The van der Waals surface area contributed by atoms with Crippen molar-refractivity contribution in [1.82, 2.24) is 14.3 Å². The molecular formula is C20H21N3O3. The van der Waals surface area contributed by atoms with Crippen molar-refractivity contribution in [2.45, 2.75) is 38.6 Å². The van der Waals surface area contributed by atoms with Gasteiger partial charge in [0.05, 0.1) is 18.4 Å². The van der Waals surface area contributed by atoms with Crippen molar-refractivity contribution < 1.29 is 9.53 Å². The molecule has 1 aliphatic carbocycles. The third-order valence-electron chi connectivity index (χ3n) is 5.18. The lowest BCUT2D eigenvalue weighted by Gasteiger charge is -2.17. The monoisotopic (exact) mass is 351 g/mol. The number of aromatic nitrogens is 3. The number of hydrogen-bond donors (Lipinski definition) is 0. The highest BCUT2D eigenvalue weighted by molar-refractivity contribution is 5.96. The third kappa shape index (κ3) is 2.62. The lowest BCUT2D eigenvalue weighted by Crippen LogP contribution is -2.17. The van der Waals surface area contributed by atoms with Gasteiger partial charge in [0.15, 0.2) is 0 Å². The highest BCUT2D eigenvalue weighted by atomic mass is 16.5. The van der Waals surface area contributed by atoms with Crippen LogP contribution in [0.5, 0.6) is 0 Å². The molecular weight excluding hydrogens is 330 g/mol. The van der Waals surface area contributed by atoms with Crippen LogP contribution >= 0.6 is 0 Å². The minimum absolute atomic E-state index is 0.216. The zero-order chi connectivity index (χ0) is 18.3. The Morgan fingerprint density at radius 2 is 1.92 bits per heavy atom. The van der Waals surface area contributed by atoms with Crippen LogP contribution in [0.4, 0.5) is 0 Å². The Morgan fingerprint density at radius 3 is 2.62 bits per heavy atom. The van der Waals surface area contributed by atoms with Gasteiger partial charge < -0.3 is 9.30 Å². The van der Waals surface area contributed by atoms with Crippen LogP contribution in [-0.2, 0) is 4.74 Å². The molecule has 4 rings (SSSR count). The smallest absolute Gasteiger partial charge is 0.341 e. The number of fused-ring (bicyclic) bond motifs is 1. The van der Waals surface area contributed by atoms with Gasteiger partial charge in [-0.25, -0.2) is 4.79 Å². The van der Waals surface area contributed by atoms with Crippen molar-refractivity contribution in [2.24, 2.45) is 0 Å². The fourth-order valence-electron chi connectivity index (χ4n) is 3.76. The minimum atomic E-state index is -0.475. The van der Waals surface area contributed by atoms with Crippen molar-refractivity contribution in [3.63, 3.8) is 0 Å². The van der Waals surface area contributed by atoms with Gasteiger partial charge in [0.2, 0.25) is 0 Å². The van der Waals surface area contributed by atoms with E-state index in [0.717, 1.165) is 36.9 Å². The van der Waals surface area contributed by atoms with Crippen LogP contribution in [0.25, 0.3) is 16.9 Å². The van der Waals surface area contributed by atoms with E-state index in [-0.39, 0.29) is 5.56 Å². The van der Waals surface area contributed by atoms with Gasteiger partial charge in [-0.05, 0) is 31.4 Å². The molecule has 0 saturated heterocycles. The Hall–Kier alpha value is -2.89. The molecule has 0 radical (unpaired) electrons. The molecule has 6 nitrogen and oxygen atoms in total. The molecule has 0 bridgehead atoms. The second-order valence-corrected chi connectivity index (χ2v) is 6.81. The molecule has 0 atom stereocenters. The van der Waals surface area contributed by atoms with Crippen LogP contribution in [0.1, 0.15) is 47.6 Å². The van der Waals surface area contributed by atoms with Gasteiger partial charge in [-0.1, -0.05) is 31.0 Å². The minimum Gasteiger partial charge on any atom is -0.465 e. The number of aryl methyl sites for hydroxylation is 1. The summed E-state index contributed by atoms with van der Waals surface area (Å²) in [5.41, 5.74) is 2.62. The molecule has 0 spiro atoms. The molecule has 2 heterocycles. The van der Waals surface area contributed by atoms with Gasteiger partial charge in [-0.15, -0.1) is 0 Å². The van der Waals surface area contributed by atoms with Gasteiger partial charge in [-0.2, -0.15) is 9.78 Å². The van der Waals surface area contributed by atoms with Crippen molar-refractivity contribution in [1.29, 1.82) is 0 Å². The van der Waals surface area contributed by atoms with Crippen LogP contribution in [0.3, 0.4) is 0 Å². The molecule has 1 aromatic rings. The molecule has 26 heavy (non-hydrogen) atoms. The maximum Gasteiger partial charge on any atom is 0.341 e. The zero-order valence-electron chi connectivity index (χ0n) is 14.9. The molecule has 6 heteroatoms. The Bertz CT molecular complexity index is 996. The van der Waals surface area contributed by atoms with Crippen molar-refractivity contribution >= 4 is 5.97 Å². The summed E-state index contributed by atoms with van der Waals surface area (Å²) in [4.78, 5) is 25.4. The van der Waals surface area contributed by atoms with E-state index in [1.807, 2.05) is 42.0 Å². The number of benzene rings is 1. The van der Waals surface area contributed by atoms with Gasteiger partial charge in [0.25, 0.3) is 5.56 Å². The predicted molar refractivity (Wildman–Crippen MR) is 98.0 cm³/mol. The second-order valence-electron chi connectivity index (χ2n) is 6.81. The normalized spacial score (nSPS) is 14.8. The maximum absolute atomic E-state index is 13.0. The lowest BCUT2D eigenvalue weighted by molar-refractivity contribution is 0.0600. The predicted octanol–water partition coefficient (Wildman–Crippen LogP) is 3.35. The molecule has 0 unspecified atom stereocenters. The lowest BCUT2D eigenvalue weighted by atomic mass is 10.1. The molecule has 3 aliphatic rings. The molecule has 0 amide bonds. The van der Waals surface area contributed by atoms with E-state index in [2.05, 4.69) is 5.10 Å². The zero-order valence-corrected chi connectivity index (χ0v) is 14.9. The van der Waals surface area contributed by atoms with Gasteiger partial charge >= 0.3 is 5.97 Å². The fourth-order valence-corrected chi connectivity index (χ4v) is 3.76. The quantitative estimate of drug-likeness (QED) is 0.679. The highest BCUT2D eigenvalue weighted by Crippen LogP contribution is 2.32. The van der Waals surface area contributed by atoms with Crippen molar-refractivity contribution in [3.05, 3.63) is 58.1 Å². The number of nitrogens with zero attached hydrogens (tertiary/aromatic N) is 3. The first-order valence-corrected chi connectivity index (χ1v) is 8.89. The Balaban J connectivity index is 1.96. The molecule has 2 aliphatic heterocycles. The van der Waals surface area contributed by atoms with Crippen LogP contribution in [0.2, 0.25) is 0 Å². The number of carbonyl (C=O) groups excluding carboxylic acids is 1. The van der Waals surface area contributed by atoms with E-state index < -0.39 is 5.97 Å². The summed E-state index contributed by atoms with van der Waals surface area (Å²) >= 11 is 0. The number of rotatable bonds is 3. The number of pyridine rings is 1. The van der Waals surface area contributed by atoms with E-state index in [1.165, 1.54) is 11.8 Å². The summed E-state index contributed by atoms with van der Waals surface area (Å²) < 4.78 is 8.31. The topological polar surface area (TPSA) is 66.1 Å². The first-order chi connectivity index (χ1) is 12.6. The Kier molecular flexibility index (Phi) is 4.11. The van der Waals surface area contributed by atoms with E-state index in [4.69, 9.17) is 4.74 Å². The number of para-hydroxylation sites is 1. The highest BCUT2D eigenvalue weighted by Gasteiger charge is 2.27. The third-order valence-corrected chi connectivity index (χ3v) is 5.18. The summed E-state index contributed by atoms with van der Waals surface area (Å²) in [7, 11) is 1.34. The summed E-state index contributed by atoms with van der Waals surface area (Å²) in [5.74, 6) is -0.475. The summed E-state index contributed by atoms with van der Waals surface area (Å²) in [5, 5.41) is 4.47. The maximum atomic E-state index is 13.0. The standard InChI is InChI=1S/C20H21N3O3/c1-13-7-3-6-10-17(13)23-19(24)15-11-22(14-8-4-5-9-14)12-16(18(15)21-23)20(25)26-2/h3,6-7,10-12,14H,4-5,8-9H2,1-2H3. The molecule has 1 fully saturated rings. The van der Waals surface area contributed by atoms with Crippen LogP contribution in [-0.4, -0.2) is 27.4 Å². The first-order valence-electron chi connectivity index (χ1n) is 8.89. The van der Waals surface area contributed by atoms with Gasteiger partial charge in [0, 0.05) is 18.4 Å². The largest absolute Gasteiger partial charge is 0.465 e. The molecule has 1 aromatic carbocycles. The van der Waals surface area contributed by atoms with Crippen LogP contribution in [0.15, 0.2) is 41.5 Å². The van der Waals surface area contributed by atoms with Crippen molar-refractivity contribution in [3.8, 4) is 16.9 Å². The van der Waals surface area contributed by atoms with Gasteiger partial charge in [0.1, 0.15) is 11.3 Å². The molecule has 134 valence electrons. The van der Waals surface area contributed by atoms with E-state index in [9.17, 15) is 9.59 Å². The van der Waals surface area contributed by atoms with E-state index in [1.54, 1.807) is 6.20 Å². The number of carbonyl (C=O) groups is 1. The number of hydrogen-bond acceptors (Lipinski definition) is 4. The average Bonchev–Trinajstić information content (AvgIpc) is 3.30. The molecule has 0 N–H and O–H groups in total. The summed E-state index contributed by atoms with van der Waals surface area (Å²) in [6, 6.07) is 7.88. The van der Waals surface area contributed by atoms with Crippen molar-refractivity contribution in [2.75, 3.05) is 7.11 Å². The number of ether oxygens (including phenoxy) is 1. The summed E-state index contributed by atoms with van der Waals surface area (Å²) in [6.45, 7) is 1.93. The summed E-state index contributed by atoms with van der Waals surface area (Å²) in [6.07, 6.45) is 8.04. The SMILES string of the molecule is COC(=O)c1cn(C2CCCC2)cc2c(=O)n(-c3ccccc3C)nc1-2.